The molecule has 0 saturated carbocycles. The van der Waals surface area contributed by atoms with Crippen molar-refractivity contribution in [3.05, 3.63) is 83.0 Å². The number of carbonyl (C=O) groups excluding carboxylic acids is 2. The summed E-state index contributed by atoms with van der Waals surface area (Å²) in [6, 6.07) is 18.9. The zero-order valence-corrected chi connectivity index (χ0v) is 15.2. The highest BCUT2D eigenvalue weighted by Crippen LogP contribution is 2.19. The van der Waals surface area contributed by atoms with Crippen LogP contribution in [0.1, 0.15) is 10.4 Å². The summed E-state index contributed by atoms with van der Waals surface area (Å²) in [5.74, 6) is 0.244. The fourth-order valence-electron chi connectivity index (χ4n) is 2.20. The Hall–Kier alpha value is -3.19. The number of hydrogen-bond donors (Lipinski definition) is 3. The minimum Gasteiger partial charge on any atom is -0.322 e. The van der Waals surface area contributed by atoms with Crippen molar-refractivity contribution >= 4 is 45.1 Å². The zero-order chi connectivity index (χ0) is 18.4. The lowest BCUT2D eigenvalue weighted by atomic mass is 10.2. The van der Waals surface area contributed by atoms with Crippen LogP contribution in [-0.4, -0.2) is 16.9 Å². The number of aromatic nitrogens is 1. The lowest BCUT2D eigenvalue weighted by Gasteiger charge is -2.09. The van der Waals surface area contributed by atoms with Gasteiger partial charge in [0.15, 0.2) is 0 Å². The van der Waals surface area contributed by atoms with Gasteiger partial charge >= 0.3 is 6.03 Å². The summed E-state index contributed by atoms with van der Waals surface area (Å²) < 4.78 is 0.724. The average molecular weight is 411 g/mol. The van der Waals surface area contributed by atoms with Gasteiger partial charge in [-0.2, -0.15) is 0 Å². The van der Waals surface area contributed by atoms with Crippen molar-refractivity contribution in [2.45, 2.75) is 0 Å². The first-order valence-electron chi connectivity index (χ1n) is 7.77. The SMILES string of the molecule is O=C(Nc1ccc(NC(=O)c2ccccc2Br)cc1)Nc1ccccn1. The Balaban J connectivity index is 1.59. The number of rotatable bonds is 4. The van der Waals surface area contributed by atoms with Gasteiger partial charge in [0.1, 0.15) is 5.82 Å². The van der Waals surface area contributed by atoms with E-state index in [9.17, 15) is 9.59 Å². The third kappa shape index (κ3) is 4.67. The van der Waals surface area contributed by atoms with Crippen molar-refractivity contribution in [1.29, 1.82) is 0 Å². The average Bonchev–Trinajstić information content (AvgIpc) is 2.64. The van der Waals surface area contributed by atoms with Crippen molar-refractivity contribution < 1.29 is 9.59 Å². The molecule has 130 valence electrons. The molecule has 7 heteroatoms. The number of halogens is 1. The number of carbonyl (C=O) groups is 2. The van der Waals surface area contributed by atoms with Gasteiger partial charge in [-0.05, 0) is 64.5 Å². The molecule has 0 aliphatic carbocycles. The molecule has 6 nitrogen and oxygen atoms in total. The third-order valence-electron chi connectivity index (χ3n) is 3.43. The number of benzene rings is 2. The standard InChI is InChI=1S/C19H15BrN4O2/c20-16-6-2-1-5-15(16)18(25)22-13-8-10-14(11-9-13)23-19(26)24-17-7-3-4-12-21-17/h1-12H,(H,22,25)(H2,21,23,24,26). The van der Waals surface area contributed by atoms with E-state index in [0.29, 0.717) is 22.8 Å². The van der Waals surface area contributed by atoms with E-state index in [4.69, 9.17) is 0 Å². The first-order valence-corrected chi connectivity index (χ1v) is 8.56. The van der Waals surface area contributed by atoms with Crippen LogP contribution < -0.4 is 16.0 Å². The Morgan fingerprint density at radius 1 is 0.769 bits per heavy atom. The van der Waals surface area contributed by atoms with Gasteiger partial charge in [0.05, 0.1) is 5.56 Å². The molecule has 3 amide bonds. The molecule has 0 unspecified atom stereocenters. The fourth-order valence-corrected chi connectivity index (χ4v) is 2.66. The molecule has 26 heavy (non-hydrogen) atoms. The number of amides is 3. The molecule has 0 fully saturated rings. The Kier molecular flexibility index (Phi) is 5.60. The van der Waals surface area contributed by atoms with Crippen LogP contribution in [0.2, 0.25) is 0 Å². The van der Waals surface area contributed by atoms with Gasteiger partial charge in [0.2, 0.25) is 0 Å². The lowest BCUT2D eigenvalue weighted by molar-refractivity contribution is 0.102. The maximum absolute atomic E-state index is 12.3. The molecule has 0 aliphatic rings. The lowest BCUT2D eigenvalue weighted by Crippen LogP contribution is -2.20. The molecule has 3 N–H and O–H groups in total. The van der Waals surface area contributed by atoms with Crippen molar-refractivity contribution in [3.8, 4) is 0 Å². The van der Waals surface area contributed by atoms with Gasteiger partial charge in [-0.1, -0.05) is 18.2 Å². The molecular weight excluding hydrogens is 396 g/mol. The molecule has 0 bridgehead atoms. The minimum atomic E-state index is -0.395. The summed E-state index contributed by atoms with van der Waals surface area (Å²) in [5, 5.41) is 8.14. The largest absolute Gasteiger partial charge is 0.324 e. The summed E-state index contributed by atoms with van der Waals surface area (Å²) in [7, 11) is 0. The van der Waals surface area contributed by atoms with Crippen LogP contribution in [-0.2, 0) is 0 Å². The summed E-state index contributed by atoms with van der Waals surface area (Å²) in [5.41, 5.74) is 1.77. The number of nitrogens with one attached hydrogen (secondary N) is 3. The maximum Gasteiger partial charge on any atom is 0.324 e. The van der Waals surface area contributed by atoms with Gasteiger partial charge in [0.25, 0.3) is 5.91 Å². The van der Waals surface area contributed by atoms with E-state index in [2.05, 4.69) is 36.9 Å². The van der Waals surface area contributed by atoms with Gasteiger partial charge in [0, 0.05) is 22.0 Å². The van der Waals surface area contributed by atoms with Crippen LogP contribution in [0, 0.1) is 0 Å². The molecule has 2 aromatic carbocycles. The summed E-state index contributed by atoms with van der Waals surface area (Å²) >= 11 is 3.36. The highest BCUT2D eigenvalue weighted by atomic mass is 79.9. The minimum absolute atomic E-state index is 0.217. The van der Waals surface area contributed by atoms with E-state index in [-0.39, 0.29) is 5.91 Å². The Morgan fingerprint density at radius 2 is 1.42 bits per heavy atom. The van der Waals surface area contributed by atoms with E-state index >= 15 is 0 Å². The van der Waals surface area contributed by atoms with E-state index in [1.807, 2.05) is 12.1 Å². The molecule has 1 aromatic heterocycles. The van der Waals surface area contributed by atoms with Crippen LogP contribution in [0.25, 0.3) is 0 Å². The predicted molar refractivity (Wildman–Crippen MR) is 105 cm³/mol. The number of hydrogen-bond acceptors (Lipinski definition) is 3. The topological polar surface area (TPSA) is 83.1 Å². The number of pyridine rings is 1. The fraction of sp³-hybridized carbons (Fsp3) is 0. The van der Waals surface area contributed by atoms with Gasteiger partial charge in [-0.25, -0.2) is 9.78 Å². The van der Waals surface area contributed by atoms with E-state index in [1.165, 1.54) is 0 Å². The maximum atomic E-state index is 12.3. The molecule has 0 atom stereocenters. The molecule has 3 aromatic rings. The molecule has 0 spiro atoms. The number of anilines is 3. The Morgan fingerprint density at radius 3 is 2.08 bits per heavy atom. The summed E-state index contributed by atoms with van der Waals surface area (Å²) in [6.07, 6.45) is 1.60. The van der Waals surface area contributed by atoms with Gasteiger partial charge < -0.3 is 10.6 Å². The van der Waals surface area contributed by atoms with Gasteiger partial charge in [-0.15, -0.1) is 0 Å². The predicted octanol–water partition coefficient (Wildman–Crippen LogP) is 4.74. The van der Waals surface area contributed by atoms with Crippen LogP contribution in [0.15, 0.2) is 77.4 Å². The normalized spacial score (nSPS) is 10.0. The number of nitrogens with zero attached hydrogens (tertiary/aromatic N) is 1. The highest BCUT2D eigenvalue weighted by Gasteiger charge is 2.09. The van der Waals surface area contributed by atoms with Crippen molar-refractivity contribution in [3.63, 3.8) is 0 Å². The Bertz CT molecular complexity index is 914. The molecule has 0 saturated heterocycles. The Labute approximate surface area is 158 Å². The quantitative estimate of drug-likeness (QED) is 0.580. The van der Waals surface area contributed by atoms with Gasteiger partial charge in [-0.3, -0.25) is 10.1 Å². The van der Waals surface area contributed by atoms with Crippen LogP contribution >= 0.6 is 15.9 Å². The third-order valence-corrected chi connectivity index (χ3v) is 4.12. The van der Waals surface area contributed by atoms with E-state index in [0.717, 1.165) is 4.47 Å². The molecule has 1 heterocycles. The first-order chi connectivity index (χ1) is 12.6. The molecule has 0 radical (unpaired) electrons. The van der Waals surface area contributed by atoms with E-state index in [1.54, 1.807) is 60.8 Å². The van der Waals surface area contributed by atoms with Crippen molar-refractivity contribution in [2.24, 2.45) is 0 Å². The summed E-state index contributed by atoms with van der Waals surface area (Å²) in [6.45, 7) is 0. The molecule has 0 aliphatic heterocycles. The second-order valence-corrected chi connectivity index (χ2v) is 6.16. The smallest absolute Gasteiger partial charge is 0.322 e. The van der Waals surface area contributed by atoms with Crippen LogP contribution in [0.4, 0.5) is 22.0 Å². The zero-order valence-electron chi connectivity index (χ0n) is 13.6. The van der Waals surface area contributed by atoms with E-state index < -0.39 is 6.03 Å². The monoisotopic (exact) mass is 410 g/mol. The highest BCUT2D eigenvalue weighted by molar-refractivity contribution is 9.10. The first kappa shape index (κ1) is 17.6. The molecule has 3 rings (SSSR count). The second kappa shape index (κ2) is 8.26. The second-order valence-electron chi connectivity index (χ2n) is 5.31. The van der Waals surface area contributed by atoms with Crippen molar-refractivity contribution in [1.82, 2.24) is 4.98 Å². The molecular formula is C19H15BrN4O2. The number of urea groups is 1. The summed E-state index contributed by atoms with van der Waals surface area (Å²) in [4.78, 5) is 28.2. The van der Waals surface area contributed by atoms with Crippen LogP contribution in [0.5, 0.6) is 0 Å². The van der Waals surface area contributed by atoms with Crippen molar-refractivity contribution in [2.75, 3.05) is 16.0 Å². The van der Waals surface area contributed by atoms with Crippen LogP contribution in [0.3, 0.4) is 0 Å².